The molecule has 4 N–H and O–H groups in total. The van der Waals surface area contributed by atoms with Crippen molar-refractivity contribution in [2.75, 3.05) is 0 Å². The fourth-order valence-corrected chi connectivity index (χ4v) is 3.19. The zero-order chi connectivity index (χ0) is 20.0. The van der Waals surface area contributed by atoms with Gasteiger partial charge in [0.15, 0.2) is 0 Å². The quantitative estimate of drug-likeness (QED) is 0.581. The number of carbonyl (C=O) groups is 4. The number of amides is 4. The third kappa shape index (κ3) is 2.64. The largest absolute Gasteiger partial charge is 0.508 e. The van der Waals surface area contributed by atoms with E-state index in [1.54, 1.807) is 0 Å². The van der Waals surface area contributed by atoms with Gasteiger partial charge in [-0.05, 0) is 35.4 Å². The van der Waals surface area contributed by atoms with Gasteiger partial charge in [0.25, 0.3) is 23.6 Å². The number of benzene rings is 2. The topological polar surface area (TPSA) is 133 Å². The molecule has 8 nitrogen and oxygen atoms in total. The highest BCUT2D eigenvalue weighted by Crippen LogP contribution is 2.36. The van der Waals surface area contributed by atoms with E-state index in [1.165, 1.54) is 48.5 Å². The van der Waals surface area contributed by atoms with Gasteiger partial charge in [0, 0.05) is 0 Å². The van der Waals surface area contributed by atoms with Gasteiger partial charge in [0.05, 0.1) is 22.3 Å². The molecule has 0 saturated carbocycles. The van der Waals surface area contributed by atoms with Crippen molar-refractivity contribution in [1.82, 2.24) is 10.6 Å². The van der Waals surface area contributed by atoms with Crippen LogP contribution in [0.15, 0.2) is 59.7 Å². The summed E-state index contributed by atoms with van der Waals surface area (Å²) in [6.45, 7) is 0. The lowest BCUT2D eigenvalue weighted by atomic mass is 9.91. The van der Waals surface area contributed by atoms with Gasteiger partial charge in [-0.2, -0.15) is 0 Å². The van der Waals surface area contributed by atoms with Crippen molar-refractivity contribution >= 4 is 34.8 Å². The fraction of sp³-hybridized carbons (Fsp3) is 0. The van der Waals surface area contributed by atoms with E-state index in [0.717, 1.165) is 0 Å². The number of nitrogens with one attached hydrogen (secondary N) is 2. The third-order valence-corrected chi connectivity index (χ3v) is 4.42. The van der Waals surface area contributed by atoms with Crippen LogP contribution in [0.25, 0.3) is 11.1 Å². The molecule has 2 aromatic rings. The molecule has 2 aromatic carbocycles. The number of aromatic hydroxyl groups is 2. The molecule has 0 spiro atoms. The second-order valence-electron chi connectivity index (χ2n) is 6.16. The monoisotopic (exact) mass is 376 g/mol. The van der Waals surface area contributed by atoms with E-state index < -0.39 is 23.6 Å². The van der Waals surface area contributed by atoms with Crippen molar-refractivity contribution in [2.45, 2.75) is 0 Å². The SMILES string of the molecule is O=C1NC(=O)C(c2ccc(O)cc2)=C1C1=C(c2ccc(O)cc2)C(=O)NC1=O. The Morgan fingerprint density at radius 2 is 0.750 bits per heavy atom. The maximum atomic E-state index is 12.5. The molecule has 0 unspecified atom stereocenters. The second-order valence-corrected chi connectivity index (χ2v) is 6.16. The van der Waals surface area contributed by atoms with Crippen LogP contribution in [0.3, 0.4) is 0 Å². The molecule has 0 aliphatic carbocycles. The van der Waals surface area contributed by atoms with Crippen LogP contribution in [0.4, 0.5) is 0 Å². The first kappa shape index (κ1) is 17.2. The Bertz CT molecular complexity index is 1030. The first-order chi connectivity index (χ1) is 13.4. The van der Waals surface area contributed by atoms with Crippen LogP contribution in [-0.4, -0.2) is 33.8 Å². The number of hydrogen-bond donors (Lipinski definition) is 4. The number of hydrogen-bond acceptors (Lipinski definition) is 6. The van der Waals surface area contributed by atoms with Gasteiger partial charge in [-0.3, -0.25) is 29.8 Å². The van der Waals surface area contributed by atoms with Crippen LogP contribution in [0.1, 0.15) is 11.1 Å². The molecule has 0 fully saturated rings. The van der Waals surface area contributed by atoms with Gasteiger partial charge in [-0.25, -0.2) is 0 Å². The number of carbonyl (C=O) groups excluding carboxylic acids is 4. The zero-order valence-electron chi connectivity index (χ0n) is 14.1. The van der Waals surface area contributed by atoms with Crippen molar-refractivity contribution < 1.29 is 29.4 Å². The summed E-state index contributed by atoms with van der Waals surface area (Å²) in [5.74, 6) is -3.10. The maximum Gasteiger partial charge on any atom is 0.259 e. The molecule has 4 rings (SSSR count). The standard InChI is InChI=1S/C20H12N2O6/c23-11-5-1-9(2-6-11)13-15(19(27)21-17(13)25)16-14(18(26)22-20(16)28)10-3-7-12(24)8-4-10/h1-8,23-24H,(H,21,25,27)(H,22,26,28). The molecule has 0 saturated heterocycles. The number of imide groups is 2. The molecule has 0 atom stereocenters. The smallest absolute Gasteiger partial charge is 0.259 e. The molecular formula is C20H12N2O6. The average molecular weight is 376 g/mol. The first-order valence-corrected chi connectivity index (χ1v) is 8.16. The van der Waals surface area contributed by atoms with Crippen LogP contribution >= 0.6 is 0 Å². The lowest BCUT2D eigenvalue weighted by molar-refractivity contribution is -0.126. The van der Waals surface area contributed by atoms with Gasteiger partial charge in [-0.15, -0.1) is 0 Å². The highest BCUT2D eigenvalue weighted by atomic mass is 16.3. The average Bonchev–Trinajstić information content (AvgIpc) is 3.10. The lowest BCUT2D eigenvalue weighted by Crippen LogP contribution is -2.26. The van der Waals surface area contributed by atoms with E-state index in [0.29, 0.717) is 11.1 Å². The third-order valence-electron chi connectivity index (χ3n) is 4.42. The Morgan fingerprint density at radius 1 is 0.464 bits per heavy atom. The van der Waals surface area contributed by atoms with Crippen LogP contribution < -0.4 is 10.6 Å². The Balaban J connectivity index is 2.01. The molecule has 2 aliphatic rings. The summed E-state index contributed by atoms with van der Waals surface area (Å²) in [7, 11) is 0. The van der Waals surface area contributed by atoms with E-state index in [9.17, 15) is 29.4 Å². The van der Waals surface area contributed by atoms with Crippen molar-refractivity contribution in [2.24, 2.45) is 0 Å². The van der Waals surface area contributed by atoms with E-state index in [4.69, 9.17) is 0 Å². The summed E-state index contributed by atoms with van der Waals surface area (Å²) >= 11 is 0. The minimum absolute atomic E-state index is 0.0339. The van der Waals surface area contributed by atoms with Crippen molar-refractivity contribution in [3.8, 4) is 11.5 Å². The Kier molecular flexibility index (Phi) is 3.82. The zero-order valence-corrected chi connectivity index (χ0v) is 14.1. The fourth-order valence-electron chi connectivity index (χ4n) is 3.19. The highest BCUT2D eigenvalue weighted by Gasteiger charge is 2.42. The van der Waals surface area contributed by atoms with Gasteiger partial charge >= 0.3 is 0 Å². The van der Waals surface area contributed by atoms with Gasteiger partial charge in [0.1, 0.15) is 11.5 Å². The van der Waals surface area contributed by atoms with Gasteiger partial charge in [0.2, 0.25) is 0 Å². The van der Waals surface area contributed by atoms with E-state index in [2.05, 4.69) is 10.6 Å². The summed E-state index contributed by atoms with van der Waals surface area (Å²) < 4.78 is 0. The summed E-state index contributed by atoms with van der Waals surface area (Å²) in [6, 6.07) is 11.1. The Labute approximate surface area is 157 Å². The van der Waals surface area contributed by atoms with Crippen LogP contribution in [-0.2, 0) is 19.2 Å². The molecule has 0 radical (unpaired) electrons. The summed E-state index contributed by atoms with van der Waals surface area (Å²) in [5.41, 5.74) is 0.0354. The molecule has 8 heteroatoms. The van der Waals surface area contributed by atoms with E-state index in [1.807, 2.05) is 0 Å². The second kappa shape index (κ2) is 6.20. The molecule has 0 bridgehead atoms. The molecular weight excluding hydrogens is 364 g/mol. The van der Waals surface area contributed by atoms with E-state index >= 15 is 0 Å². The van der Waals surface area contributed by atoms with Gasteiger partial charge < -0.3 is 10.2 Å². The molecule has 4 amide bonds. The summed E-state index contributed by atoms with van der Waals surface area (Å²) in [4.78, 5) is 49.8. The van der Waals surface area contributed by atoms with Crippen LogP contribution in [0.2, 0.25) is 0 Å². The molecule has 28 heavy (non-hydrogen) atoms. The van der Waals surface area contributed by atoms with Gasteiger partial charge in [-0.1, -0.05) is 24.3 Å². The van der Waals surface area contributed by atoms with Crippen molar-refractivity contribution in [3.63, 3.8) is 0 Å². The Hall–Kier alpha value is -4.20. The molecule has 2 heterocycles. The number of rotatable bonds is 3. The minimum atomic E-state index is -0.802. The van der Waals surface area contributed by atoms with E-state index in [-0.39, 0.29) is 33.8 Å². The molecule has 0 aromatic heterocycles. The van der Waals surface area contributed by atoms with Crippen molar-refractivity contribution in [3.05, 3.63) is 70.8 Å². The Morgan fingerprint density at radius 3 is 1.07 bits per heavy atom. The predicted molar refractivity (Wildman–Crippen MR) is 96.4 cm³/mol. The minimum Gasteiger partial charge on any atom is -0.508 e. The summed E-state index contributed by atoms with van der Waals surface area (Å²) in [5, 5.41) is 23.2. The maximum absolute atomic E-state index is 12.5. The lowest BCUT2D eigenvalue weighted by Gasteiger charge is -2.07. The van der Waals surface area contributed by atoms with Crippen LogP contribution in [0.5, 0.6) is 11.5 Å². The number of phenols is 2. The summed E-state index contributed by atoms with van der Waals surface area (Å²) in [6.07, 6.45) is 0. The first-order valence-electron chi connectivity index (χ1n) is 8.16. The molecule has 2 aliphatic heterocycles. The van der Waals surface area contributed by atoms with Crippen LogP contribution in [0, 0.1) is 0 Å². The molecule has 138 valence electrons. The predicted octanol–water partition coefficient (Wildman–Crippen LogP) is 0.618. The number of phenolic OH excluding ortho intramolecular Hbond substituents is 2. The van der Waals surface area contributed by atoms with Crippen molar-refractivity contribution in [1.29, 1.82) is 0 Å². The normalized spacial score (nSPS) is 16.7. The highest BCUT2D eigenvalue weighted by molar-refractivity contribution is 6.46.